The molecule has 0 unspecified atom stereocenters. The van der Waals surface area contributed by atoms with E-state index in [1.165, 1.54) is 16.2 Å². The number of halogens is 1. The molecule has 0 aliphatic heterocycles. The van der Waals surface area contributed by atoms with Crippen LogP contribution < -0.4 is 10.2 Å². The minimum Gasteiger partial charge on any atom is -0.341 e. The van der Waals surface area contributed by atoms with E-state index in [1.807, 2.05) is 6.07 Å². The van der Waals surface area contributed by atoms with E-state index in [0.29, 0.717) is 10.3 Å². The highest BCUT2D eigenvalue weighted by atomic mass is 35.5. The maximum Gasteiger partial charge on any atom is 0.323 e. The van der Waals surface area contributed by atoms with Crippen LogP contribution in [0.5, 0.6) is 0 Å². The first-order chi connectivity index (χ1) is 9.60. The second kappa shape index (κ2) is 6.87. The zero-order valence-corrected chi connectivity index (χ0v) is 13.2. The molecule has 0 spiro atoms. The van der Waals surface area contributed by atoms with Gasteiger partial charge >= 0.3 is 6.03 Å². The predicted molar refractivity (Wildman–Crippen MR) is 81.6 cm³/mol. The molecule has 106 valence electrons. The summed E-state index contributed by atoms with van der Waals surface area (Å²) in [5.41, 5.74) is 1.05. The molecule has 2 aromatic rings. The highest BCUT2D eigenvalue weighted by molar-refractivity contribution is 8.00. The molecule has 6 nitrogen and oxygen atoms in total. The molecule has 1 N–H and O–H groups in total. The fourth-order valence-corrected chi connectivity index (χ4v) is 3.13. The largest absolute Gasteiger partial charge is 0.341 e. The van der Waals surface area contributed by atoms with Crippen molar-refractivity contribution >= 4 is 45.9 Å². The third kappa shape index (κ3) is 3.81. The number of thioether (sulfide) groups is 1. The number of carbonyl (C=O) groups is 1. The predicted octanol–water partition coefficient (Wildman–Crippen LogP) is 2.65. The van der Waals surface area contributed by atoms with Crippen molar-refractivity contribution in [3.05, 3.63) is 29.0 Å². The Kier molecular flexibility index (Phi) is 5.16. The molecule has 2 heterocycles. The maximum absolute atomic E-state index is 11.5. The van der Waals surface area contributed by atoms with Gasteiger partial charge in [0, 0.05) is 26.0 Å². The minimum absolute atomic E-state index is 0.223. The number of aromatic nitrogens is 3. The number of urea groups is 1. The van der Waals surface area contributed by atoms with Crippen molar-refractivity contribution < 1.29 is 4.79 Å². The number of amides is 2. The van der Waals surface area contributed by atoms with E-state index in [4.69, 9.17) is 11.6 Å². The number of carbonyl (C=O) groups excluding carboxylic acids is 1. The van der Waals surface area contributed by atoms with Gasteiger partial charge in [-0.05, 0) is 11.6 Å². The molecule has 9 heteroatoms. The number of anilines is 1. The van der Waals surface area contributed by atoms with Gasteiger partial charge in [-0.25, -0.2) is 9.78 Å². The average molecular weight is 330 g/mol. The lowest BCUT2D eigenvalue weighted by molar-refractivity contribution is 0.249. The quantitative estimate of drug-likeness (QED) is 0.530. The van der Waals surface area contributed by atoms with Crippen LogP contribution in [0.2, 0.25) is 5.15 Å². The van der Waals surface area contributed by atoms with Crippen molar-refractivity contribution in [3.8, 4) is 0 Å². The van der Waals surface area contributed by atoms with Crippen LogP contribution in [0.4, 0.5) is 9.93 Å². The van der Waals surface area contributed by atoms with E-state index in [-0.39, 0.29) is 6.03 Å². The summed E-state index contributed by atoms with van der Waals surface area (Å²) in [6, 6.07) is 3.45. The van der Waals surface area contributed by atoms with Gasteiger partial charge in [0.1, 0.15) is 5.15 Å². The molecular weight excluding hydrogens is 318 g/mol. The van der Waals surface area contributed by atoms with Crippen LogP contribution in [0.15, 0.2) is 22.7 Å². The summed E-state index contributed by atoms with van der Waals surface area (Å²) >= 11 is 8.64. The monoisotopic (exact) mass is 329 g/mol. The SMILES string of the molecule is CNC(=O)N(C)c1nnc(SCc2ccc(Cl)nc2)s1. The fraction of sp³-hybridized carbons (Fsp3) is 0.273. The Bertz CT molecular complexity index is 589. The molecule has 2 amide bonds. The first-order valence-electron chi connectivity index (χ1n) is 5.62. The van der Waals surface area contributed by atoms with Crippen LogP contribution in [-0.2, 0) is 5.75 Å². The molecule has 0 atom stereocenters. The molecule has 0 radical (unpaired) electrons. The first-order valence-corrected chi connectivity index (χ1v) is 7.80. The van der Waals surface area contributed by atoms with E-state index in [2.05, 4.69) is 20.5 Å². The maximum atomic E-state index is 11.5. The lowest BCUT2D eigenvalue weighted by Gasteiger charge is -2.10. The third-order valence-electron chi connectivity index (χ3n) is 2.35. The zero-order valence-electron chi connectivity index (χ0n) is 10.8. The number of pyridine rings is 1. The van der Waals surface area contributed by atoms with Crippen molar-refractivity contribution in [2.24, 2.45) is 0 Å². The van der Waals surface area contributed by atoms with Gasteiger partial charge in [0.05, 0.1) is 0 Å². The number of nitrogens with one attached hydrogen (secondary N) is 1. The van der Waals surface area contributed by atoms with Crippen molar-refractivity contribution in [2.45, 2.75) is 10.1 Å². The van der Waals surface area contributed by atoms with Gasteiger partial charge in [-0.2, -0.15) is 0 Å². The van der Waals surface area contributed by atoms with Gasteiger partial charge in [-0.15, -0.1) is 10.2 Å². The summed E-state index contributed by atoms with van der Waals surface area (Å²) < 4.78 is 0.797. The highest BCUT2D eigenvalue weighted by Gasteiger charge is 2.14. The van der Waals surface area contributed by atoms with Gasteiger partial charge < -0.3 is 5.32 Å². The fourth-order valence-electron chi connectivity index (χ4n) is 1.29. The van der Waals surface area contributed by atoms with Gasteiger partial charge in [-0.3, -0.25) is 4.90 Å². The van der Waals surface area contributed by atoms with E-state index < -0.39 is 0 Å². The summed E-state index contributed by atoms with van der Waals surface area (Å²) in [5, 5.41) is 11.6. The number of nitrogens with zero attached hydrogens (tertiary/aromatic N) is 4. The third-order valence-corrected chi connectivity index (χ3v) is 4.78. The molecule has 2 aromatic heterocycles. The van der Waals surface area contributed by atoms with Crippen LogP contribution in [0.25, 0.3) is 0 Å². The molecule has 0 bridgehead atoms. The number of hydrogen-bond donors (Lipinski definition) is 1. The van der Waals surface area contributed by atoms with Crippen molar-refractivity contribution in [2.75, 3.05) is 19.0 Å². The standard InChI is InChI=1S/C11H12ClN5OS2/c1-13-9(18)17(2)10-15-16-11(20-10)19-6-7-3-4-8(12)14-5-7/h3-5H,6H2,1-2H3,(H,13,18). The summed E-state index contributed by atoms with van der Waals surface area (Å²) in [7, 11) is 3.22. The molecule has 0 saturated carbocycles. The van der Waals surface area contributed by atoms with Gasteiger partial charge in [0.2, 0.25) is 5.13 Å². The molecule has 0 saturated heterocycles. The van der Waals surface area contributed by atoms with Crippen molar-refractivity contribution in [1.29, 1.82) is 0 Å². The Balaban J connectivity index is 1.96. The van der Waals surface area contributed by atoms with Crippen molar-refractivity contribution in [3.63, 3.8) is 0 Å². The Morgan fingerprint density at radius 3 is 2.95 bits per heavy atom. The van der Waals surface area contributed by atoms with Crippen LogP contribution >= 0.6 is 34.7 Å². The normalized spacial score (nSPS) is 10.3. The second-order valence-corrected chi connectivity index (χ2v) is 6.31. The Morgan fingerprint density at radius 1 is 1.50 bits per heavy atom. The average Bonchev–Trinajstić information content (AvgIpc) is 2.94. The molecule has 0 fully saturated rings. The topological polar surface area (TPSA) is 71.0 Å². The number of hydrogen-bond acceptors (Lipinski definition) is 6. The smallest absolute Gasteiger partial charge is 0.323 e. The molecule has 0 aromatic carbocycles. The zero-order chi connectivity index (χ0) is 14.5. The lowest BCUT2D eigenvalue weighted by atomic mass is 10.3. The number of rotatable bonds is 4. The van der Waals surface area contributed by atoms with E-state index in [9.17, 15) is 4.79 Å². The highest BCUT2D eigenvalue weighted by Crippen LogP contribution is 2.29. The molecule has 0 aliphatic rings. The van der Waals surface area contributed by atoms with Gasteiger partial charge in [0.15, 0.2) is 4.34 Å². The lowest BCUT2D eigenvalue weighted by Crippen LogP contribution is -2.34. The molecule has 2 rings (SSSR count). The van der Waals surface area contributed by atoms with Crippen LogP contribution in [0.1, 0.15) is 5.56 Å². The van der Waals surface area contributed by atoms with Crippen molar-refractivity contribution in [1.82, 2.24) is 20.5 Å². The Morgan fingerprint density at radius 2 is 2.30 bits per heavy atom. The van der Waals surface area contributed by atoms with Crippen LogP contribution in [0.3, 0.4) is 0 Å². The summed E-state index contributed by atoms with van der Waals surface area (Å²) in [6.45, 7) is 0. The Labute approximate surface area is 129 Å². The minimum atomic E-state index is -0.223. The van der Waals surface area contributed by atoms with E-state index in [0.717, 1.165) is 15.7 Å². The summed E-state index contributed by atoms with van der Waals surface area (Å²) in [6.07, 6.45) is 1.73. The molecule has 0 aliphatic carbocycles. The molecule has 20 heavy (non-hydrogen) atoms. The van der Waals surface area contributed by atoms with Gasteiger partial charge in [0.25, 0.3) is 0 Å². The van der Waals surface area contributed by atoms with Crippen LogP contribution in [0, 0.1) is 0 Å². The van der Waals surface area contributed by atoms with E-state index >= 15 is 0 Å². The summed E-state index contributed by atoms with van der Waals surface area (Å²) in [5.74, 6) is 0.725. The first kappa shape index (κ1) is 15.0. The van der Waals surface area contributed by atoms with Gasteiger partial charge in [-0.1, -0.05) is 40.8 Å². The molecular formula is C11H12ClN5OS2. The van der Waals surface area contributed by atoms with Crippen LogP contribution in [-0.4, -0.2) is 35.3 Å². The second-order valence-electron chi connectivity index (χ2n) is 3.74. The van der Waals surface area contributed by atoms with E-state index in [1.54, 1.807) is 38.1 Å². The Hall–Kier alpha value is -1.38. The summed E-state index contributed by atoms with van der Waals surface area (Å²) in [4.78, 5) is 16.9.